The molecule has 3 nitrogen and oxygen atoms in total. The number of carbonyl (C=O) groups is 1. The Morgan fingerprint density at radius 2 is 1.91 bits per heavy atom. The topological polar surface area (TPSA) is 34.9 Å². The van der Waals surface area contributed by atoms with E-state index in [-0.39, 0.29) is 0 Å². The monoisotopic (exact) mass is 352 g/mol. The van der Waals surface area contributed by atoms with Gasteiger partial charge in [-0.2, -0.15) is 0 Å². The maximum Gasteiger partial charge on any atom is 0.141 e. The van der Waals surface area contributed by atoms with Gasteiger partial charge in [-0.1, -0.05) is 52.3 Å². The summed E-state index contributed by atoms with van der Waals surface area (Å²) in [6.07, 6.45) is 5.13. The third kappa shape index (κ3) is 1.67. The van der Waals surface area contributed by atoms with E-state index in [2.05, 4.69) is 49.7 Å². The van der Waals surface area contributed by atoms with Crippen LogP contribution in [0.2, 0.25) is 0 Å². The minimum absolute atomic E-state index is 0.384. The lowest BCUT2D eigenvalue weighted by molar-refractivity contribution is -0.108. The van der Waals surface area contributed by atoms with Crippen molar-refractivity contribution in [1.82, 2.24) is 9.55 Å². The largest absolute Gasteiger partial charge is 0.316 e. The van der Waals surface area contributed by atoms with Crippen molar-refractivity contribution in [2.45, 2.75) is 12.0 Å². The van der Waals surface area contributed by atoms with Gasteiger partial charge in [0.15, 0.2) is 0 Å². The van der Waals surface area contributed by atoms with E-state index in [0.29, 0.717) is 6.42 Å². The van der Waals surface area contributed by atoms with Crippen molar-refractivity contribution in [1.29, 1.82) is 0 Å². The van der Waals surface area contributed by atoms with Crippen LogP contribution in [0.1, 0.15) is 17.5 Å². The van der Waals surface area contributed by atoms with E-state index < -0.39 is 5.54 Å². The van der Waals surface area contributed by atoms with Gasteiger partial charge in [-0.3, -0.25) is 0 Å². The molecule has 0 bridgehead atoms. The van der Waals surface area contributed by atoms with E-state index in [1.165, 1.54) is 0 Å². The molecule has 0 amide bonds. The second kappa shape index (κ2) is 4.92. The second-order valence-corrected chi connectivity index (χ2v) is 6.32. The molecule has 1 aliphatic heterocycles. The highest BCUT2D eigenvalue weighted by Gasteiger charge is 2.44. The third-order valence-electron chi connectivity index (χ3n) is 4.37. The Labute approximate surface area is 136 Å². The molecule has 1 aliphatic rings. The lowest BCUT2D eigenvalue weighted by atomic mass is 9.80. The fourth-order valence-corrected chi connectivity index (χ4v) is 3.71. The van der Waals surface area contributed by atoms with E-state index in [0.717, 1.165) is 33.3 Å². The standard InChI is InChI=1S/C18H13BrN2O/c19-14-7-5-13(6-8-14)18(9-12-22)16-4-2-1-3-15(16)17-20-10-11-21(17)18/h1-8,10-12H,9H2. The van der Waals surface area contributed by atoms with Crippen molar-refractivity contribution in [3.63, 3.8) is 0 Å². The van der Waals surface area contributed by atoms with Crippen molar-refractivity contribution in [2.75, 3.05) is 0 Å². The molecule has 0 saturated heterocycles. The van der Waals surface area contributed by atoms with E-state index in [1.54, 1.807) is 6.20 Å². The average molecular weight is 353 g/mol. The van der Waals surface area contributed by atoms with Crippen LogP contribution in [0.15, 0.2) is 65.4 Å². The number of fused-ring (bicyclic) bond motifs is 3. The molecule has 0 fully saturated rings. The zero-order valence-electron chi connectivity index (χ0n) is 11.7. The summed E-state index contributed by atoms with van der Waals surface area (Å²) in [6, 6.07) is 16.4. The summed E-state index contributed by atoms with van der Waals surface area (Å²) in [5, 5.41) is 0. The molecule has 22 heavy (non-hydrogen) atoms. The predicted molar refractivity (Wildman–Crippen MR) is 88.7 cm³/mol. The van der Waals surface area contributed by atoms with Crippen LogP contribution in [0.25, 0.3) is 11.4 Å². The van der Waals surface area contributed by atoms with Gasteiger partial charge in [0.05, 0.1) is 0 Å². The van der Waals surface area contributed by atoms with Crippen LogP contribution in [-0.4, -0.2) is 15.8 Å². The maximum absolute atomic E-state index is 11.5. The Morgan fingerprint density at radius 3 is 2.68 bits per heavy atom. The van der Waals surface area contributed by atoms with Gasteiger partial charge in [0.25, 0.3) is 0 Å². The molecule has 0 saturated carbocycles. The van der Waals surface area contributed by atoms with Crippen LogP contribution in [0, 0.1) is 0 Å². The molecule has 0 radical (unpaired) electrons. The molecule has 108 valence electrons. The molecule has 0 spiro atoms. The summed E-state index contributed by atoms with van der Waals surface area (Å²) in [6.45, 7) is 0. The molecule has 1 atom stereocenters. The van der Waals surface area contributed by atoms with Crippen LogP contribution in [0.3, 0.4) is 0 Å². The highest BCUT2D eigenvalue weighted by Crippen LogP contribution is 2.48. The van der Waals surface area contributed by atoms with Gasteiger partial charge in [-0.25, -0.2) is 4.98 Å². The zero-order chi connectivity index (χ0) is 15.2. The summed E-state index contributed by atoms with van der Waals surface area (Å²) in [4.78, 5) is 16.0. The summed E-state index contributed by atoms with van der Waals surface area (Å²) in [7, 11) is 0. The number of imidazole rings is 1. The third-order valence-corrected chi connectivity index (χ3v) is 4.89. The predicted octanol–water partition coefficient (Wildman–Crippen LogP) is 4.01. The Balaban J connectivity index is 2.07. The van der Waals surface area contributed by atoms with Crippen molar-refractivity contribution in [3.05, 3.63) is 76.5 Å². The van der Waals surface area contributed by atoms with Gasteiger partial charge < -0.3 is 9.36 Å². The molecule has 2 heterocycles. The molecule has 4 heteroatoms. The van der Waals surface area contributed by atoms with Crippen molar-refractivity contribution >= 4 is 22.2 Å². The van der Waals surface area contributed by atoms with E-state index in [4.69, 9.17) is 0 Å². The Kier molecular flexibility index (Phi) is 3.01. The first-order valence-electron chi connectivity index (χ1n) is 7.11. The first-order chi connectivity index (χ1) is 10.8. The van der Waals surface area contributed by atoms with Gasteiger partial charge in [0.2, 0.25) is 0 Å². The molecule has 3 aromatic rings. The SMILES string of the molecule is O=CCC1(c2ccc(Br)cc2)c2ccccc2-c2nccn21. The smallest absolute Gasteiger partial charge is 0.141 e. The van der Waals surface area contributed by atoms with E-state index in [9.17, 15) is 4.79 Å². The normalized spacial score (nSPS) is 18.8. The van der Waals surface area contributed by atoms with E-state index >= 15 is 0 Å². The number of hydrogen-bond acceptors (Lipinski definition) is 2. The Hall–Kier alpha value is -2.20. The van der Waals surface area contributed by atoms with Gasteiger partial charge >= 0.3 is 0 Å². The van der Waals surface area contributed by atoms with Crippen LogP contribution in [0.5, 0.6) is 0 Å². The van der Waals surface area contributed by atoms with Gasteiger partial charge in [-0.15, -0.1) is 0 Å². The zero-order valence-corrected chi connectivity index (χ0v) is 13.3. The highest BCUT2D eigenvalue weighted by molar-refractivity contribution is 9.10. The van der Waals surface area contributed by atoms with E-state index in [1.807, 2.05) is 30.5 Å². The molecule has 0 aliphatic carbocycles. The fraction of sp³-hybridized carbons (Fsp3) is 0.111. The van der Waals surface area contributed by atoms with Crippen molar-refractivity contribution < 1.29 is 4.79 Å². The quantitative estimate of drug-likeness (QED) is 0.667. The maximum atomic E-state index is 11.5. The molecule has 1 unspecified atom stereocenters. The number of benzene rings is 2. The molecular weight excluding hydrogens is 340 g/mol. The van der Waals surface area contributed by atoms with Crippen LogP contribution < -0.4 is 0 Å². The number of hydrogen-bond donors (Lipinski definition) is 0. The molecule has 0 N–H and O–H groups in total. The number of rotatable bonds is 3. The number of nitrogens with zero attached hydrogens (tertiary/aromatic N) is 2. The molecule has 1 aromatic heterocycles. The highest BCUT2D eigenvalue weighted by atomic mass is 79.9. The first kappa shape index (κ1) is 13.5. The van der Waals surface area contributed by atoms with Crippen LogP contribution in [0.4, 0.5) is 0 Å². The lowest BCUT2D eigenvalue weighted by Gasteiger charge is -2.31. The average Bonchev–Trinajstić information content (AvgIpc) is 3.11. The van der Waals surface area contributed by atoms with Gasteiger partial charge in [0, 0.05) is 28.9 Å². The fourth-order valence-electron chi connectivity index (χ4n) is 3.45. The van der Waals surface area contributed by atoms with Crippen LogP contribution >= 0.6 is 15.9 Å². The second-order valence-electron chi connectivity index (χ2n) is 5.40. The lowest BCUT2D eigenvalue weighted by Crippen LogP contribution is -2.33. The van der Waals surface area contributed by atoms with Gasteiger partial charge in [-0.05, 0) is 23.3 Å². The van der Waals surface area contributed by atoms with Crippen molar-refractivity contribution in [3.8, 4) is 11.4 Å². The summed E-state index contributed by atoms with van der Waals surface area (Å²) in [5.41, 5.74) is 2.81. The Bertz CT molecular complexity index is 854. The molecule has 4 rings (SSSR count). The minimum Gasteiger partial charge on any atom is -0.316 e. The number of aromatic nitrogens is 2. The van der Waals surface area contributed by atoms with Crippen LogP contribution in [-0.2, 0) is 10.3 Å². The molecular formula is C18H13BrN2O. The summed E-state index contributed by atoms with van der Waals surface area (Å²) in [5.74, 6) is 0.917. The Morgan fingerprint density at radius 1 is 1.14 bits per heavy atom. The minimum atomic E-state index is -0.509. The number of carbonyl (C=O) groups excluding carboxylic acids is 1. The van der Waals surface area contributed by atoms with Gasteiger partial charge in [0.1, 0.15) is 17.6 Å². The summed E-state index contributed by atoms with van der Waals surface area (Å²) < 4.78 is 3.14. The number of aldehydes is 1. The number of halogens is 1. The molecule has 2 aromatic carbocycles. The van der Waals surface area contributed by atoms with Crippen molar-refractivity contribution in [2.24, 2.45) is 0 Å². The first-order valence-corrected chi connectivity index (χ1v) is 7.90. The summed E-state index contributed by atoms with van der Waals surface area (Å²) >= 11 is 3.48.